The fourth-order valence-corrected chi connectivity index (χ4v) is 3.61. The van der Waals surface area contributed by atoms with Gasteiger partial charge in [0.05, 0.1) is 24.8 Å². The maximum Gasteiger partial charge on any atom is 0.278 e. The number of amides is 2. The Hall–Kier alpha value is -2.63. The van der Waals surface area contributed by atoms with Crippen LogP contribution in [0.1, 0.15) is 36.1 Å². The molecule has 0 spiro atoms. The van der Waals surface area contributed by atoms with E-state index in [2.05, 4.69) is 5.32 Å². The van der Waals surface area contributed by atoms with Gasteiger partial charge in [-0.15, -0.1) is 0 Å². The number of imide groups is 1. The van der Waals surface area contributed by atoms with Crippen molar-refractivity contribution in [3.63, 3.8) is 0 Å². The first-order chi connectivity index (χ1) is 14.2. The summed E-state index contributed by atoms with van der Waals surface area (Å²) in [6, 6.07) is 11.3. The predicted molar refractivity (Wildman–Crippen MR) is 120 cm³/mol. The topological polar surface area (TPSA) is 58.6 Å². The second-order valence-electron chi connectivity index (χ2n) is 7.84. The highest BCUT2D eigenvalue weighted by Crippen LogP contribution is 2.33. The normalized spacial score (nSPS) is 14.3. The van der Waals surface area contributed by atoms with Gasteiger partial charge in [0, 0.05) is 10.7 Å². The Morgan fingerprint density at radius 1 is 1.00 bits per heavy atom. The number of ether oxygens (including phenoxy) is 1. The number of carbonyl (C=O) groups excluding carboxylic acids is 2. The van der Waals surface area contributed by atoms with Gasteiger partial charge < -0.3 is 10.1 Å². The van der Waals surface area contributed by atoms with Gasteiger partial charge in [-0.05, 0) is 63.4 Å². The Kier molecular flexibility index (Phi) is 6.64. The minimum Gasteiger partial charge on any atom is -0.377 e. The van der Waals surface area contributed by atoms with Crippen molar-refractivity contribution >= 4 is 34.7 Å². The zero-order valence-corrected chi connectivity index (χ0v) is 18.8. The van der Waals surface area contributed by atoms with E-state index in [0.29, 0.717) is 22.9 Å². The van der Waals surface area contributed by atoms with Gasteiger partial charge in [-0.25, -0.2) is 0 Å². The van der Waals surface area contributed by atoms with Crippen LogP contribution in [-0.2, 0) is 14.3 Å². The Morgan fingerprint density at radius 3 is 2.37 bits per heavy atom. The van der Waals surface area contributed by atoms with Crippen LogP contribution in [0, 0.1) is 20.8 Å². The molecule has 0 unspecified atom stereocenters. The van der Waals surface area contributed by atoms with Crippen molar-refractivity contribution in [3.8, 4) is 0 Å². The summed E-state index contributed by atoms with van der Waals surface area (Å²) in [4.78, 5) is 27.7. The molecule has 2 aromatic carbocycles. The Morgan fingerprint density at radius 2 is 1.73 bits per heavy atom. The van der Waals surface area contributed by atoms with Crippen LogP contribution in [0.4, 0.5) is 5.69 Å². The van der Waals surface area contributed by atoms with Gasteiger partial charge >= 0.3 is 0 Å². The summed E-state index contributed by atoms with van der Waals surface area (Å²) < 4.78 is 5.56. The first kappa shape index (κ1) is 22.1. The predicted octanol–water partition coefficient (Wildman–Crippen LogP) is 4.88. The molecule has 5 nitrogen and oxygen atoms in total. The van der Waals surface area contributed by atoms with Gasteiger partial charge in [-0.2, -0.15) is 0 Å². The summed E-state index contributed by atoms with van der Waals surface area (Å²) in [6.07, 6.45) is 0.0249. The fraction of sp³-hybridized carbons (Fsp3) is 0.333. The van der Waals surface area contributed by atoms with Crippen LogP contribution in [0.2, 0.25) is 5.02 Å². The zero-order chi connectivity index (χ0) is 22.0. The summed E-state index contributed by atoms with van der Waals surface area (Å²) >= 11 is 6.25. The second kappa shape index (κ2) is 9.02. The van der Waals surface area contributed by atoms with Gasteiger partial charge in [0.1, 0.15) is 5.70 Å². The van der Waals surface area contributed by atoms with Crippen molar-refractivity contribution in [2.45, 2.75) is 40.7 Å². The molecule has 0 saturated carbocycles. The highest BCUT2D eigenvalue weighted by molar-refractivity contribution is 6.37. The monoisotopic (exact) mass is 426 g/mol. The van der Waals surface area contributed by atoms with Gasteiger partial charge in [0.25, 0.3) is 11.8 Å². The van der Waals surface area contributed by atoms with E-state index in [1.807, 2.05) is 65.0 Å². The highest BCUT2D eigenvalue weighted by Gasteiger charge is 2.39. The molecule has 2 amide bonds. The molecule has 1 aliphatic rings. The van der Waals surface area contributed by atoms with E-state index >= 15 is 0 Å². The maximum absolute atomic E-state index is 13.3. The number of rotatable bonds is 7. The summed E-state index contributed by atoms with van der Waals surface area (Å²) in [6.45, 7) is 10.2. The van der Waals surface area contributed by atoms with Gasteiger partial charge in [-0.1, -0.05) is 41.4 Å². The van der Waals surface area contributed by atoms with Crippen molar-refractivity contribution < 1.29 is 14.3 Å². The molecule has 30 heavy (non-hydrogen) atoms. The number of nitrogens with one attached hydrogen (secondary N) is 1. The minimum atomic E-state index is -0.362. The SMILES string of the molecule is Cc1ccc(C2=C(Nc3ccc(C)c(Cl)c3)C(=O)N(CCOC(C)C)C2=O)c(C)c1. The van der Waals surface area contributed by atoms with Crippen LogP contribution in [0.15, 0.2) is 42.1 Å². The minimum absolute atomic E-state index is 0.0249. The van der Waals surface area contributed by atoms with Gasteiger partial charge in [0.2, 0.25) is 0 Å². The number of hydrogen-bond donors (Lipinski definition) is 1. The van der Waals surface area contributed by atoms with Crippen molar-refractivity contribution in [3.05, 3.63) is 69.4 Å². The van der Waals surface area contributed by atoms with Crippen LogP contribution in [0.5, 0.6) is 0 Å². The molecule has 3 rings (SSSR count). The van der Waals surface area contributed by atoms with E-state index in [9.17, 15) is 9.59 Å². The zero-order valence-electron chi connectivity index (χ0n) is 18.0. The quantitative estimate of drug-likeness (QED) is 0.641. The van der Waals surface area contributed by atoms with Gasteiger partial charge in [-0.3, -0.25) is 14.5 Å². The molecule has 0 atom stereocenters. The number of anilines is 1. The second-order valence-corrected chi connectivity index (χ2v) is 8.25. The average Bonchev–Trinajstić information content (AvgIpc) is 2.89. The first-order valence-corrected chi connectivity index (χ1v) is 10.4. The lowest BCUT2D eigenvalue weighted by atomic mass is 9.97. The van der Waals surface area contributed by atoms with E-state index in [-0.39, 0.29) is 30.2 Å². The Labute approximate surface area is 182 Å². The van der Waals surface area contributed by atoms with Crippen LogP contribution < -0.4 is 5.32 Å². The molecule has 2 aromatic rings. The Balaban J connectivity index is 2.02. The van der Waals surface area contributed by atoms with Crippen LogP contribution >= 0.6 is 11.6 Å². The number of carbonyl (C=O) groups is 2. The van der Waals surface area contributed by atoms with Crippen molar-refractivity contribution in [2.75, 3.05) is 18.5 Å². The molecule has 0 fully saturated rings. The molecule has 0 aromatic heterocycles. The number of nitrogens with zero attached hydrogens (tertiary/aromatic N) is 1. The van der Waals surface area contributed by atoms with Gasteiger partial charge in [0.15, 0.2) is 0 Å². The molecule has 0 radical (unpaired) electrons. The third-order valence-electron chi connectivity index (χ3n) is 5.03. The van der Waals surface area contributed by atoms with Crippen LogP contribution in [0.3, 0.4) is 0 Å². The average molecular weight is 427 g/mol. The molecule has 1 heterocycles. The maximum atomic E-state index is 13.3. The number of aryl methyl sites for hydroxylation is 3. The van der Waals surface area contributed by atoms with E-state index in [1.54, 1.807) is 6.07 Å². The number of hydrogen-bond acceptors (Lipinski definition) is 4. The summed E-state index contributed by atoms with van der Waals surface area (Å²) in [5.41, 5.74) is 5.00. The number of benzene rings is 2. The first-order valence-electron chi connectivity index (χ1n) is 10.0. The molecule has 0 saturated heterocycles. The molecule has 1 aliphatic heterocycles. The molecular formula is C24H27ClN2O3. The number of halogens is 1. The smallest absolute Gasteiger partial charge is 0.278 e. The lowest BCUT2D eigenvalue weighted by Gasteiger charge is -2.16. The summed E-state index contributed by atoms with van der Waals surface area (Å²) in [5.74, 6) is -0.681. The lowest BCUT2D eigenvalue weighted by molar-refractivity contribution is -0.137. The van der Waals surface area contributed by atoms with Crippen molar-refractivity contribution in [1.29, 1.82) is 0 Å². The Bertz CT molecular complexity index is 1030. The van der Waals surface area contributed by atoms with E-state index < -0.39 is 0 Å². The van der Waals surface area contributed by atoms with Crippen LogP contribution in [0.25, 0.3) is 5.57 Å². The molecule has 1 N–H and O–H groups in total. The molecule has 6 heteroatoms. The molecule has 0 bridgehead atoms. The van der Waals surface area contributed by atoms with E-state index in [1.165, 1.54) is 4.90 Å². The van der Waals surface area contributed by atoms with E-state index in [4.69, 9.17) is 16.3 Å². The standard InChI is InChI=1S/C24H27ClN2O3/c1-14(2)30-11-10-27-23(28)21(19-9-6-15(3)12-17(19)5)22(24(27)29)26-18-8-7-16(4)20(25)13-18/h6-9,12-14,26H,10-11H2,1-5H3. The molecule has 158 valence electrons. The van der Waals surface area contributed by atoms with E-state index in [0.717, 1.165) is 22.3 Å². The summed E-state index contributed by atoms with van der Waals surface area (Å²) in [5, 5.41) is 3.74. The molecular weight excluding hydrogens is 400 g/mol. The molecule has 0 aliphatic carbocycles. The third-order valence-corrected chi connectivity index (χ3v) is 5.43. The largest absolute Gasteiger partial charge is 0.377 e. The van der Waals surface area contributed by atoms with Crippen molar-refractivity contribution in [2.24, 2.45) is 0 Å². The lowest BCUT2D eigenvalue weighted by Crippen LogP contribution is -2.35. The van der Waals surface area contributed by atoms with Crippen molar-refractivity contribution in [1.82, 2.24) is 4.90 Å². The third kappa shape index (κ3) is 4.58. The van der Waals surface area contributed by atoms with Crippen LogP contribution in [-0.4, -0.2) is 36.0 Å². The highest BCUT2D eigenvalue weighted by atomic mass is 35.5. The summed E-state index contributed by atoms with van der Waals surface area (Å²) in [7, 11) is 0. The fourth-order valence-electron chi connectivity index (χ4n) is 3.43.